The fourth-order valence-corrected chi connectivity index (χ4v) is 3.50. The highest BCUT2D eigenvalue weighted by Crippen LogP contribution is 2.22. The number of amides is 2. The Balaban J connectivity index is 1.69. The lowest BCUT2D eigenvalue weighted by Gasteiger charge is -2.10. The van der Waals surface area contributed by atoms with E-state index in [0.29, 0.717) is 16.8 Å². The number of nitrogens with one attached hydrogen (secondary N) is 3. The van der Waals surface area contributed by atoms with Gasteiger partial charge in [-0.25, -0.2) is 0 Å². The predicted molar refractivity (Wildman–Crippen MR) is 123 cm³/mol. The second-order valence-electron chi connectivity index (χ2n) is 6.81. The Hall–Kier alpha value is -3.93. The van der Waals surface area contributed by atoms with Crippen LogP contribution in [0.25, 0.3) is 11.3 Å². The molecule has 0 unspecified atom stereocenters. The van der Waals surface area contributed by atoms with Crippen LogP contribution in [-0.2, 0) is 11.3 Å². The molecule has 8 heteroatoms. The molecule has 7 nitrogen and oxygen atoms in total. The molecule has 0 radical (unpaired) electrons. The van der Waals surface area contributed by atoms with Gasteiger partial charge in [-0.1, -0.05) is 12.1 Å². The molecular weight excluding hydrogens is 424 g/mol. The van der Waals surface area contributed by atoms with E-state index in [1.165, 1.54) is 11.9 Å². The van der Waals surface area contributed by atoms with E-state index >= 15 is 0 Å². The number of hydrazine groups is 1. The largest absolute Gasteiger partial charge is 0.341 e. The summed E-state index contributed by atoms with van der Waals surface area (Å²) < 4.78 is 0. The first kappa shape index (κ1) is 22.7. The molecule has 0 fully saturated rings. The van der Waals surface area contributed by atoms with Gasteiger partial charge < -0.3 is 5.32 Å². The summed E-state index contributed by atoms with van der Waals surface area (Å²) in [7, 11) is 0. The Morgan fingerprint density at radius 1 is 1.16 bits per heavy atom. The monoisotopic (exact) mass is 444 g/mol. The van der Waals surface area contributed by atoms with Gasteiger partial charge in [0.05, 0.1) is 5.69 Å². The number of nitrogens with zero attached hydrogens (tertiary/aromatic N) is 1. The van der Waals surface area contributed by atoms with Crippen LogP contribution in [0.15, 0.2) is 65.7 Å². The highest BCUT2D eigenvalue weighted by atomic mass is 32.2. The van der Waals surface area contributed by atoms with Crippen LogP contribution in [0.4, 0.5) is 0 Å². The smallest absolute Gasteiger partial charge is 0.295 e. The quantitative estimate of drug-likeness (QED) is 0.214. The molecule has 0 saturated carbocycles. The number of benzene rings is 2. The number of pyridine rings is 1. The van der Waals surface area contributed by atoms with Crippen LogP contribution in [0.2, 0.25) is 0 Å². The molecule has 3 N–H and O–H groups in total. The molecule has 160 valence electrons. The van der Waals surface area contributed by atoms with E-state index in [-0.39, 0.29) is 12.5 Å². The first-order valence-corrected chi connectivity index (χ1v) is 10.4. The Bertz CT molecular complexity index is 1200. The maximum Gasteiger partial charge on any atom is 0.295 e. The third-order valence-electron chi connectivity index (χ3n) is 4.37. The van der Waals surface area contributed by atoms with E-state index in [1.807, 2.05) is 31.0 Å². The molecule has 2 aromatic carbocycles. The van der Waals surface area contributed by atoms with Gasteiger partial charge >= 0.3 is 0 Å². The minimum absolute atomic E-state index is 0.282. The van der Waals surface area contributed by atoms with Crippen molar-refractivity contribution in [3.8, 4) is 23.6 Å². The zero-order chi connectivity index (χ0) is 22.9. The van der Waals surface area contributed by atoms with Crippen molar-refractivity contribution >= 4 is 30.0 Å². The highest BCUT2D eigenvalue weighted by Gasteiger charge is 2.10. The summed E-state index contributed by atoms with van der Waals surface area (Å²) in [6, 6.07) is 16.1. The molecule has 2 amide bonds. The standard InChI is InChI=1S/C24H20N4O3S/c1-3-23(30)26-14-17-7-8-25-22(12-17)19-9-16(2)10-20(13-19)24(31)27-28-32-21-6-4-5-18(11-21)15-29/h1,4-13,15,28H,14H2,2H3,(H,26,30)(H,27,31). The van der Waals surface area contributed by atoms with Crippen LogP contribution in [-0.4, -0.2) is 23.1 Å². The van der Waals surface area contributed by atoms with Gasteiger partial charge in [-0.05, 0) is 78.4 Å². The van der Waals surface area contributed by atoms with Crippen molar-refractivity contribution in [2.75, 3.05) is 0 Å². The zero-order valence-electron chi connectivity index (χ0n) is 17.2. The minimum Gasteiger partial charge on any atom is -0.341 e. The van der Waals surface area contributed by atoms with Gasteiger partial charge in [0.2, 0.25) is 0 Å². The van der Waals surface area contributed by atoms with Crippen LogP contribution in [0, 0.1) is 19.3 Å². The van der Waals surface area contributed by atoms with Gasteiger partial charge in [0.25, 0.3) is 11.8 Å². The molecule has 0 aliphatic heterocycles. The summed E-state index contributed by atoms with van der Waals surface area (Å²) in [6.07, 6.45) is 7.47. The molecule has 0 spiro atoms. The van der Waals surface area contributed by atoms with E-state index in [2.05, 4.69) is 20.6 Å². The third kappa shape index (κ3) is 6.28. The maximum atomic E-state index is 12.6. The van der Waals surface area contributed by atoms with Crippen molar-refractivity contribution in [3.63, 3.8) is 0 Å². The number of hydrogen-bond donors (Lipinski definition) is 3. The summed E-state index contributed by atoms with van der Waals surface area (Å²) in [4.78, 5) is 42.8. The second kappa shape index (κ2) is 10.9. The molecule has 0 bridgehead atoms. The molecule has 3 rings (SSSR count). The predicted octanol–water partition coefficient (Wildman–Crippen LogP) is 3.06. The number of hydrogen-bond acceptors (Lipinski definition) is 6. The molecule has 3 aromatic rings. The minimum atomic E-state index is -0.485. The summed E-state index contributed by atoms with van der Waals surface area (Å²) in [6.45, 7) is 2.18. The van der Waals surface area contributed by atoms with Crippen molar-refractivity contribution in [3.05, 3.63) is 83.0 Å². The van der Waals surface area contributed by atoms with Gasteiger partial charge in [-0.3, -0.25) is 24.8 Å². The Kier molecular flexibility index (Phi) is 7.75. The van der Waals surface area contributed by atoms with Crippen LogP contribution < -0.4 is 15.6 Å². The van der Waals surface area contributed by atoms with Gasteiger partial charge in [0.15, 0.2) is 0 Å². The van der Waals surface area contributed by atoms with Crippen molar-refractivity contribution < 1.29 is 14.4 Å². The Morgan fingerprint density at radius 2 is 2.00 bits per heavy atom. The van der Waals surface area contributed by atoms with Crippen molar-refractivity contribution in [1.29, 1.82) is 0 Å². The molecule has 1 heterocycles. The lowest BCUT2D eigenvalue weighted by atomic mass is 10.0. The molecule has 0 atom stereocenters. The fourth-order valence-electron chi connectivity index (χ4n) is 2.89. The van der Waals surface area contributed by atoms with Crippen LogP contribution >= 0.6 is 11.9 Å². The number of carbonyl (C=O) groups is 3. The lowest BCUT2D eigenvalue weighted by Crippen LogP contribution is -2.32. The van der Waals surface area contributed by atoms with E-state index in [1.54, 1.807) is 42.6 Å². The second-order valence-corrected chi connectivity index (χ2v) is 7.69. The van der Waals surface area contributed by atoms with Crippen molar-refractivity contribution in [2.45, 2.75) is 18.4 Å². The van der Waals surface area contributed by atoms with Crippen molar-refractivity contribution in [2.24, 2.45) is 0 Å². The molecule has 0 aliphatic rings. The summed E-state index contributed by atoms with van der Waals surface area (Å²) in [5.74, 6) is 1.21. The van der Waals surface area contributed by atoms with Crippen LogP contribution in [0.3, 0.4) is 0 Å². The van der Waals surface area contributed by atoms with Crippen LogP contribution in [0.1, 0.15) is 31.8 Å². The number of rotatable bonds is 8. The normalized spacial score (nSPS) is 10.1. The highest BCUT2D eigenvalue weighted by molar-refractivity contribution is 7.97. The topological polar surface area (TPSA) is 100 Å². The third-order valence-corrected chi connectivity index (χ3v) is 5.07. The fraction of sp³-hybridized carbons (Fsp3) is 0.0833. The molecular formula is C24H20N4O3S. The van der Waals surface area contributed by atoms with Gasteiger partial charge in [-0.2, -0.15) is 4.83 Å². The SMILES string of the molecule is C#CC(=O)NCc1ccnc(-c2cc(C)cc(C(=O)NNSc3cccc(C=O)c3)c2)c1. The number of aldehydes is 1. The summed E-state index contributed by atoms with van der Waals surface area (Å²) in [5, 5.41) is 2.62. The number of aryl methyl sites for hydroxylation is 1. The first-order valence-electron chi connectivity index (χ1n) is 9.57. The van der Waals surface area contributed by atoms with Crippen LogP contribution in [0.5, 0.6) is 0 Å². The number of aromatic nitrogens is 1. The average Bonchev–Trinajstić information content (AvgIpc) is 2.82. The average molecular weight is 445 g/mol. The van der Waals surface area contributed by atoms with E-state index in [0.717, 1.165) is 27.9 Å². The first-order chi connectivity index (χ1) is 15.5. The summed E-state index contributed by atoms with van der Waals surface area (Å²) in [5.41, 5.74) is 6.83. The maximum absolute atomic E-state index is 12.6. The van der Waals surface area contributed by atoms with Crippen molar-refractivity contribution in [1.82, 2.24) is 20.6 Å². The van der Waals surface area contributed by atoms with E-state index in [4.69, 9.17) is 6.42 Å². The van der Waals surface area contributed by atoms with Gasteiger partial charge in [-0.15, -0.1) is 6.42 Å². The Labute approximate surface area is 190 Å². The van der Waals surface area contributed by atoms with Gasteiger partial charge in [0.1, 0.15) is 6.29 Å². The number of carbonyl (C=O) groups excluding carboxylic acids is 3. The summed E-state index contributed by atoms with van der Waals surface area (Å²) >= 11 is 1.19. The molecule has 0 saturated heterocycles. The van der Waals surface area contributed by atoms with Gasteiger partial charge in [0, 0.05) is 34.3 Å². The molecule has 0 aliphatic carbocycles. The molecule has 32 heavy (non-hydrogen) atoms. The molecule has 1 aromatic heterocycles. The Morgan fingerprint density at radius 3 is 2.78 bits per heavy atom. The lowest BCUT2D eigenvalue weighted by molar-refractivity contribution is -0.115. The van der Waals surface area contributed by atoms with E-state index in [9.17, 15) is 14.4 Å². The zero-order valence-corrected chi connectivity index (χ0v) is 18.0. The van der Waals surface area contributed by atoms with E-state index < -0.39 is 5.91 Å². The number of terminal acetylenes is 1.